The van der Waals surface area contributed by atoms with Gasteiger partial charge in [0.25, 0.3) is 0 Å². The standard InChI is InChI=1S/C23H38O5/c1-2-3-12-15-21-22(28-21)16-13-10-8-6-4-5-7-9-11-14-17-23(26)27-20(18-24)19-25/h5,7,9,11,14,17,20-22,24-25H,2-4,6,8,10,12-13,15-16,18-19H2,1H3/b7-5+,11-9+,17-14+/t21-,22-/m1/s1. The molecular formula is C23H38O5. The first-order valence-electron chi connectivity index (χ1n) is 10.8. The van der Waals surface area contributed by atoms with Crippen LogP contribution in [0, 0.1) is 0 Å². The number of carbonyl (C=O) groups excluding carboxylic acids is 1. The molecule has 1 rings (SSSR count). The van der Waals surface area contributed by atoms with Gasteiger partial charge in [0.05, 0.1) is 25.4 Å². The maximum absolute atomic E-state index is 11.4. The van der Waals surface area contributed by atoms with Crippen molar-refractivity contribution in [1.29, 1.82) is 0 Å². The monoisotopic (exact) mass is 394 g/mol. The molecule has 0 radical (unpaired) electrons. The lowest BCUT2D eigenvalue weighted by atomic mass is 10.1. The van der Waals surface area contributed by atoms with Gasteiger partial charge in [0, 0.05) is 6.08 Å². The molecule has 0 aliphatic carbocycles. The van der Waals surface area contributed by atoms with Gasteiger partial charge in [-0.15, -0.1) is 0 Å². The van der Waals surface area contributed by atoms with Crippen molar-refractivity contribution in [2.45, 2.75) is 89.4 Å². The van der Waals surface area contributed by atoms with Crippen molar-refractivity contribution in [3.05, 3.63) is 36.5 Å². The number of aliphatic hydroxyl groups excluding tert-OH is 2. The summed E-state index contributed by atoms with van der Waals surface area (Å²) in [6, 6.07) is 0. The van der Waals surface area contributed by atoms with E-state index < -0.39 is 12.1 Å². The van der Waals surface area contributed by atoms with Crippen LogP contribution in [0.4, 0.5) is 0 Å². The first kappa shape index (κ1) is 24.6. The van der Waals surface area contributed by atoms with Gasteiger partial charge in [0.2, 0.25) is 0 Å². The van der Waals surface area contributed by atoms with E-state index in [1.54, 1.807) is 12.2 Å². The topological polar surface area (TPSA) is 79.3 Å². The number of aliphatic hydroxyl groups is 2. The molecule has 0 aromatic rings. The van der Waals surface area contributed by atoms with Crippen molar-refractivity contribution in [3.63, 3.8) is 0 Å². The Kier molecular flexibility index (Phi) is 14.5. The fourth-order valence-electron chi connectivity index (χ4n) is 3.02. The Labute approximate surface area is 170 Å². The van der Waals surface area contributed by atoms with Crippen molar-refractivity contribution >= 4 is 5.97 Å². The van der Waals surface area contributed by atoms with Crippen molar-refractivity contribution in [3.8, 4) is 0 Å². The summed E-state index contributed by atoms with van der Waals surface area (Å²) in [6.07, 6.45) is 23.3. The SMILES string of the molecule is CCCCC[C@H]1O[C@@H]1CCCCCC/C=C/C=C/C=C/C(=O)OC(CO)CO. The summed E-state index contributed by atoms with van der Waals surface area (Å²) in [5.41, 5.74) is 0. The van der Waals surface area contributed by atoms with Crippen LogP contribution in [0.1, 0.15) is 71.1 Å². The van der Waals surface area contributed by atoms with Gasteiger partial charge in [0.15, 0.2) is 0 Å². The number of carbonyl (C=O) groups is 1. The lowest BCUT2D eigenvalue weighted by molar-refractivity contribution is -0.147. The zero-order valence-corrected chi connectivity index (χ0v) is 17.3. The van der Waals surface area contributed by atoms with E-state index in [0.717, 1.165) is 6.42 Å². The average molecular weight is 395 g/mol. The molecule has 5 nitrogen and oxygen atoms in total. The molecule has 1 aliphatic heterocycles. The van der Waals surface area contributed by atoms with Gasteiger partial charge in [-0.2, -0.15) is 0 Å². The number of epoxide rings is 1. The average Bonchev–Trinajstić information content (AvgIpc) is 3.45. The fraction of sp³-hybridized carbons (Fsp3) is 0.696. The summed E-state index contributed by atoms with van der Waals surface area (Å²) >= 11 is 0. The normalized spacial score (nSPS) is 19.4. The molecule has 1 aliphatic rings. The molecular weight excluding hydrogens is 356 g/mol. The molecule has 0 spiro atoms. The summed E-state index contributed by atoms with van der Waals surface area (Å²) in [5, 5.41) is 17.6. The third-order valence-electron chi connectivity index (χ3n) is 4.78. The van der Waals surface area contributed by atoms with E-state index in [4.69, 9.17) is 19.7 Å². The Balaban J connectivity index is 1.92. The van der Waals surface area contributed by atoms with Gasteiger partial charge in [0.1, 0.15) is 6.10 Å². The second kappa shape index (κ2) is 16.5. The van der Waals surface area contributed by atoms with Gasteiger partial charge in [-0.05, 0) is 25.7 Å². The molecule has 0 amide bonds. The lowest BCUT2D eigenvalue weighted by Gasteiger charge is -2.09. The van der Waals surface area contributed by atoms with Crippen molar-refractivity contribution in [2.24, 2.45) is 0 Å². The first-order chi connectivity index (χ1) is 13.7. The number of allylic oxidation sites excluding steroid dienone is 5. The maximum Gasteiger partial charge on any atom is 0.331 e. The van der Waals surface area contributed by atoms with Crippen LogP contribution in [0.5, 0.6) is 0 Å². The third kappa shape index (κ3) is 12.9. The second-order valence-corrected chi connectivity index (χ2v) is 7.30. The van der Waals surface area contributed by atoms with Crippen LogP contribution < -0.4 is 0 Å². The smallest absolute Gasteiger partial charge is 0.331 e. The van der Waals surface area contributed by atoms with Crippen molar-refractivity contribution in [2.75, 3.05) is 13.2 Å². The highest BCUT2D eigenvalue weighted by atomic mass is 16.6. The van der Waals surface area contributed by atoms with E-state index in [0.29, 0.717) is 12.2 Å². The zero-order chi connectivity index (χ0) is 20.5. The Morgan fingerprint density at radius 3 is 2.25 bits per heavy atom. The Hall–Kier alpha value is -1.43. The summed E-state index contributed by atoms with van der Waals surface area (Å²) in [6.45, 7) is 1.47. The van der Waals surface area contributed by atoms with Gasteiger partial charge >= 0.3 is 5.97 Å². The minimum atomic E-state index is -0.856. The minimum absolute atomic E-state index is 0.386. The van der Waals surface area contributed by atoms with Crippen LogP contribution in [-0.4, -0.2) is 47.7 Å². The van der Waals surface area contributed by atoms with Gasteiger partial charge in [-0.1, -0.05) is 75.8 Å². The van der Waals surface area contributed by atoms with Crippen LogP contribution in [0.2, 0.25) is 0 Å². The van der Waals surface area contributed by atoms with Gasteiger partial charge in [-0.25, -0.2) is 4.79 Å². The quantitative estimate of drug-likeness (QED) is 0.127. The van der Waals surface area contributed by atoms with Crippen LogP contribution in [0.25, 0.3) is 0 Å². The molecule has 28 heavy (non-hydrogen) atoms. The lowest BCUT2D eigenvalue weighted by Crippen LogP contribution is -2.24. The summed E-state index contributed by atoms with van der Waals surface area (Å²) in [5.74, 6) is -0.578. The predicted octanol–water partition coefficient (Wildman–Crippen LogP) is 4.24. The van der Waals surface area contributed by atoms with Gasteiger partial charge in [-0.3, -0.25) is 0 Å². The van der Waals surface area contributed by atoms with E-state index in [-0.39, 0.29) is 13.2 Å². The summed E-state index contributed by atoms with van der Waals surface area (Å²) in [4.78, 5) is 11.4. The molecule has 0 saturated carbocycles. The molecule has 160 valence electrons. The third-order valence-corrected chi connectivity index (χ3v) is 4.78. The van der Waals surface area contributed by atoms with Crippen LogP contribution in [0.3, 0.4) is 0 Å². The Morgan fingerprint density at radius 2 is 1.57 bits per heavy atom. The molecule has 0 aromatic carbocycles. The van der Waals surface area contributed by atoms with Crippen LogP contribution in [0.15, 0.2) is 36.5 Å². The maximum atomic E-state index is 11.4. The van der Waals surface area contributed by atoms with E-state index in [1.807, 2.05) is 12.2 Å². The summed E-state index contributed by atoms with van der Waals surface area (Å²) in [7, 11) is 0. The molecule has 2 atom stereocenters. The Bertz CT molecular complexity index is 479. The number of unbranched alkanes of at least 4 members (excludes halogenated alkanes) is 6. The molecule has 0 aromatic heterocycles. The van der Waals surface area contributed by atoms with E-state index in [9.17, 15) is 4.79 Å². The second-order valence-electron chi connectivity index (χ2n) is 7.30. The van der Waals surface area contributed by atoms with E-state index >= 15 is 0 Å². The predicted molar refractivity (Wildman–Crippen MR) is 112 cm³/mol. The van der Waals surface area contributed by atoms with Crippen molar-refractivity contribution in [1.82, 2.24) is 0 Å². The molecule has 1 heterocycles. The van der Waals surface area contributed by atoms with Crippen LogP contribution >= 0.6 is 0 Å². The molecule has 5 heteroatoms. The number of hydrogen-bond donors (Lipinski definition) is 2. The zero-order valence-electron chi connectivity index (χ0n) is 17.3. The highest BCUT2D eigenvalue weighted by Gasteiger charge is 2.36. The van der Waals surface area contributed by atoms with Crippen LogP contribution in [-0.2, 0) is 14.3 Å². The molecule has 1 fully saturated rings. The number of hydrogen-bond acceptors (Lipinski definition) is 5. The highest BCUT2D eigenvalue weighted by Crippen LogP contribution is 2.31. The highest BCUT2D eigenvalue weighted by molar-refractivity contribution is 5.82. The number of ether oxygens (including phenoxy) is 2. The molecule has 2 N–H and O–H groups in total. The van der Waals surface area contributed by atoms with E-state index in [1.165, 1.54) is 63.9 Å². The minimum Gasteiger partial charge on any atom is -0.454 e. The van der Waals surface area contributed by atoms with Gasteiger partial charge < -0.3 is 19.7 Å². The number of esters is 1. The molecule has 1 saturated heterocycles. The Morgan fingerprint density at radius 1 is 0.929 bits per heavy atom. The number of rotatable bonds is 17. The molecule has 0 bridgehead atoms. The first-order valence-corrected chi connectivity index (χ1v) is 10.8. The van der Waals surface area contributed by atoms with Crippen molar-refractivity contribution < 1.29 is 24.5 Å². The van der Waals surface area contributed by atoms with E-state index in [2.05, 4.69) is 13.0 Å². The molecule has 0 unspecified atom stereocenters. The summed E-state index contributed by atoms with van der Waals surface area (Å²) < 4.78 is 10.5. The largest absolute Gasteiger partial charge is 0.454 e. The fourth-order valence-corrected chi connectivity index (χ4v) is 3.02.